The van der Waals surface area contributed by atoms with Gasteiger partial charge in [-0.15, -0.1) is 0 Å². The number of hydrogen-bond acceptors (Lipinski definition) is 3. The number of nitrogens with zero attached hydrogens (tertiary/aromatic N) is 1. The van der Waals surface area contributed by atoms with Crippen molar-refractivity contribution in [3.8, 4) is 0 Å². The molecule has 0 saturated carbocycles. The number of rotatable bonds is 7. The van der Waals surface area contributed by atoms with Crippen LogP contribution in [0.1, 0.15) is 32.4 Å². The normalized spacial score (nSPS) is 11.9. The van der Waals surface area contributed by atoms with Crippen LogP contribution in [0.15, 0.2) is 22.8 Å². The molecule has 0 saturated heterocycles. The standard InChI is InChI=1S/C13H20N2O4/c1-3-15(9-11-5-4-8-19-11)13(18)14-10(2)6-7-12(16)17/h4-5,8,10H,3,6-7,9H2,1-2H3,(H,14,18)(H,16,17). The van der Waals surface area contributed by atoms with E-state index in [0.717, 1.165) is 5.76 Å². The molecular formula is C13H20N2O4. The van der Waals surface area contributed by atoms with E-state index in [9.17, 15) is 9.59 Å². The molecular weight excluding hydrogens is 248 g/mol. The second kappa shape index (κ2) is 7.45. The molecule has 0 aliphatic carbocycles. The van der Waals surface area contributed by atoms with E-state index >= 15 is 0 Å². The van der Waals surface area contributed by atoms with Crippen LogP contribution in [0.4, 0.5) is 4.79 Å². The van der Waals surface area contributed by atoms with E-state index in [2.05, 4.69) is 5.32 Å². The second-order valence-electron chi connectivity index (χ2n) is 4.38. The second-order valence-corrected chi connectivity index (χ2v) is 4.38. The maximum Gasteiger partial charge on any atom is 0.318 e. The number of carbonyl (C=O) groups excluding carboxylic acids is 1. The minimum absolute atomic E-state index is 0.0474. The van der Waals surface area contributed by atoms with E-state index in [0.29, 0.717) is 19.5 Å². The van der Waals surface area contributed by atoms with Crippen molar-refractivity contribution in [3.05, 3.63) is 24.2 Å². The van der Waals surface area contributed by atoms with Crippen molar-refractivity contribution in [2.45, 2.75) is 39.3 Å². The number of carboxylic acid groups (broad SMARTS) is 1. The summed E-state index contributed by atoms with van der Waals surface area (Å²) in [4.78, 5) is 24.0. The zero-order valence-electron chi connectivity index (χ0n) is 11.3. The van der Waals surface area contributed by atoms with E-state index < -0.39 is 5.97 Å². The molecule has 6 heteroatoms. The van der Waals surface area contributed by atoms with Gasteiger partial charge in [0.1, 0.15) is 5.76 Å². The number of urea groups is 1. The molecule has 0 bridgehead atoms. The van der Waals surface area contributed by atoms with Gasteiger partial charge < -0.3 is 19.7 Å². The largest absolute Gasteiger partial charge is 0.481 e. The molecule has 6 nitrogen and oxygen atoms in total. The molecule has 1 aromatic heterocycles. The van der Waals surface area contributed by atoms with Crippen LogP contribution in [0.5, 0.6) is 0 Å². The first kappa shape index (κ1) is 15.1. The van der Waals surface area contributed by atoms with Crippen LogP contribution in [0.2, 0.25) is 0 Å². The highest BCUT2D eigenvalue weighted by atomic mass is 16.4. The van der Waals surface area contributed by atoms with Crippen LogP contribution >= 0.6 is 0 Å². The fourth-order valence-corrected chi connectivity index (χ4v) is 1.63. The Balaban J connectivity index is 2.42. The third kappa shape index (κ3) is 5.46. The molecule has 2 amide bonds. The fourth-order valence-electron chi connectivity index (χ4n) is 1.63. The van der Waals surface area contributed by atoms with Crippen molar-refractivity contribution in [1.82, 2.24) is 10.2 Å². The lowest BCUT2D eigenvalue weighted by Crippen LogP contribution is -2.43. The van der Waals surface area contributed by atoms with E-state index in [4.69, 9.17) is 9.52 Å². The van der Waals surface area contributed by atoms with Crippen molar-refractivity contribution in [2.24, 2.45) is 0 Å². The highest BCUT2D eigenvalue weighted by molar-refractivity contribution is 5.74. The molecule has 0 aliphatic rings. The molecule has 1 atom stereocenters. The van der Waals surface area contributed by atoms with Gasteiger partial charge >= 0.3 is 12.0 Å². The van der Waals surface area contributed by atoms with Crippen LogP contribution in [-0.4, -0.2) is 34.6 Å². The number of hydrogen-bond donors (Lipinski definition) is 2. The molecule has 0 fully saturated rings. The highest BCUT2D eigenvalue weighted by Gasteiger charge is 2.16. The van der Waals surface area contributed by atoms with E-state index in [-0.39, 0.29) is 18.5 Å². The predicted octanol–water partition coefficient (Wildman–Crippen LogP) is 2.06. The van der Waals surface area contributed by atoms with Gasteiger partial charge in [0.05, 0.1) is 12.8 Å². The van der Waals surface area contributed by atoms with Gasteiger partial charge in [-0.3, -0.25) is 4.79 Å². The van der Waals surface area contributed by atoms with Crippen LogP contribution in [0, 0.1) is 0 Å². The number of nitrogens with one attached hydrogen (secondary N) is 1. The van der Waals surface area contributed by atoms with Crippen molar-refractivity contribution in [2.75, 3.05) is 6.54 Å². The summed E-state index contributed by atoms with van der Waals surface area (Å²) >= 11 is 0. The van der Waals surface area contributed by atoms with Crippen LogP contribution in [0.3, 0.4) is 0 Å². The monoisotopic (exact) mass is 268 g/mol. The molecule has 0 radical (unpaired) electrons. The average Bonchev–Trinajstić information content (AvgIpc) is 2.86. The maximum atomic E-state index is 12.0. The molecule has 0 aromatic carbocycles. The minimum Gasteiger partial charge on any atom is -0.481 e. The number of amides is 2. The van der Waals surface area contributed by atoms with E-state index in [1.54, 1.807) is 24.2 Å². The molecule has 1 heterocycles. The third-order valence-corrected chi connectivity index (χ3v) is 2.76. The van der Waals surface area contributed by atoms with E-state index in [1.165, 1.54) is 0 Å². The topological polar surface area (TPSA) is 82.8 Å². The van der Waals surface area contributed by atoms with Crippen molar-refractivity contribution in [1.29, 1.82) is 0 Å². The first-order valence-electron chi connectivity index (χ1n) is 6.32. The Labute approximate surface area is 112 Å². The Hall–Kier alpha value is -1.98. The summed E-state index contributed by atoms with van der Waals surface area (Å²) in [7, 11) is 0. The van der Waals surface area contributed by atoms with Gasteiger partial charge in [0, 0.05) is 19.0 Å². The fraction of sp³-hybridized carbons (Fsp3) is 0.538. The Morgan fingerprint density at radius 3 is 2.79 bits per heavy atom. The average molecular weight is 268 g/mol. The van der Waals surface area contributed by atoms with Gasteiger partial charge in [-0.25, -0.2) is 4.79 Å². The number of carboxylic acids is 1. The zero-order valence-corrected chi connectivity index (χ0v) is 11.3. The first-order valence-corrected chi connectivity index (χ1v) is 6.32. The lowest BCUT2D eigenvalue weighted by atomic mass is 10.2. The SMILES string of the molecule is CCN(Cc1ccco1)C(=O)NC(C)CCC(=O)O. The van der Waals surface area contributed by atoms with E-state index in [1.807, 2.05) is 13.0 Å². The Bertz CT molecular complexity index is 403. The van der Waals surface area contributed by atoms with Crippen molar-refractivity contribution in [3.63, 3.8) is 0 Å². The summed E-state index contributed by atoms with van der Waals surface area (Å²) in [5.41, 5.74) is 0. The number of furan rings is 1. The van der Waals surface area contributed by atoms with Gasteiger partial charge in [0.25, 0.3) is 0 Å². The van der Waals surface area contributed by atoms with Gasteiger partial charge in [-0.2, -0.15) is 0 Å². The lowest BCUT2D eigenvalue weighted by molar-refractivity contribution is -0.137. The quantitative estimate of drug-likeness (QED) is 0.793. The highest BCUT2D eigenvalue weighted by Crippen LogP contribution is 2.06. The van der Waals surface area contributed by atoms with Crippen LogP contribution in [-0.2, 0) is 11.3 Å². The maximum absolute atomic E-state index is 12.0. The molecule has 1 unspecified atom stereocenters. The lowest BCUT2D eigenvalue weighted by Gasteiger charge is -2.23. The van der Waals surface area contributed by atoms with Gasteiger partial charge in [0.15, 0.2) is 0 Å². The van der Waals surface area contributed by atoms with Gasteiger partial charge in [0.2, 0.25) is 0 Å². The Morgan fingerprint density at radius 1 is 1.53 bits per heavy atom. The molecule has 0 spiro atoms. The smallest absolute Gasteiger partial charge is 0.318 e. The van der Waals surface area contributed by atoms with Crippen molar-refractivity contribution >= 4 is 12.0 Å². The molecule has 106 valence electrons. The Kier molecular flexibility index (Phi) is 5.92. The summed E-state index contributed by atoms with van der Waals surface area (Å²) in [6.07, 6.45) is 2.03. The molecule has 19 heavy (non-hydrogen) atoms. The van der Waals surface area contributed by atoms with Crippen molar-refractivity contribution < 1.29 is 19.1 Å². The first-order chi connectivity index (χ1) is 9.02. The molecule has 2 N–H and O–H groups in total. The minimum atomic E-state index is -0.857. The zero-order chi connectivity index (χ0) is 14.3. The number of aliphatic carboxylic acids is 1. The number of carbonyl (C=O) groups is 2. The summed E-state index contributed by atoms with van der Waals surface area (Å²) in [5, 5.41) is 11.4. The molecule has 1 aromatic rings. The molecule has 1 rings (SSSR count). The summed E-state index contributed by atoms with van der Waals surface area (Å²) in [6, 6.07) is 3.20. The summed E-state index contributed by atoms with van der Waals surface area (Å²) in [5.74, 6) is -0.140. The van der Waals surface area contributed by atoms with Gasteiger partial charge in [-0.05, 0) is 32.4 Å². The summed E-state index contributed by atoms with van der Waals surface area (Å²) < 4.78 is 5.20. The van der Waals surface area contributed by atoms with Gasteiger partial charge in [-0.1, -0.05) is 0 Å². The molecule has 0 aliphatic heterocycles. The van der Waals surface area contributed by atoms with Crippen LogP contribution < -0.4 is 5.32 Å². The third-order valence-electron chi connectivity index (χ3n) is 2.76. The Morgan fingerprint density at radius 2 is 2.26 bits per heavy atom. The van der Waals surface area contributed by atoms with Crippen LogP contribution in [0.25, 0.3) is 0 Å². The summed E-state index contributed by atoms with van der Waals surface area (Å²) in [6.45, 7) is 4.63. The predicted molar refractivity (Wildman–Crippen MR) is 69.7 cm³/mol.